The van der Waals surface area contributed by atoms with Crippen LogP contribution in [0.2, 0.25) is 5.02 Å². The molecule has 1 heterocycles. The number of hydrogen-bond donors (Lipinski definition) is 1. The van der Waals surface area contributed by atoms with E-state index in [0.29, 0.717) is 5.92 Å². The highest BCUT2D eigenvalue weighted by Crippen LogP contribution is 2.30. The number of pyridine rings is 1. The predicted octanol–water partition coefficient (Wildman–Crippen LogP) is 4.58. The number of aromatic nitrogens is 1. The molecule has 106 valence electrons. The molecule has 3 heteroatoms. The molecule has 2 atom stereocenters. The summed E-state index contributed by atoms with van der Waals surface area (Å²) in [5.41, 5.74) is 2.57. The maximum Gasteiger partial charge on any atom is 0.0406 e. The third kappa shape index (κ3) is 3.81. The summed E-state index contributed by atoms with van der Waals surface area (Å²) in [4.78, 5) is 4.10. The van der Waals surface area contributed by atoms with Crippen molar-refractivity contribution in [3.8, 4) is 0 Å². The van der Waals surface area contributed by atoms with Gasteiger partial charge in [-0.1, -0.05) is 37.6 Å². The molecule has 1 aromatic carbocycles. The number of benzene rings is 1. The highest BCUT2D eigenvalue weighted by molar-refractivity contribution is 6.30. The lowest BCUT2D eigenvalue weighted by Gasteiger charge is -2.26. The van der Waals surface area contributed by atoms with E-state index >= 15 is 0 Å². The highest BCUT2D eigenvalue weighted by atomic mass is 35.5. The van der Waals surface area contributed by atoms with Gasteiger partial charge in [0.05, 0.1) is 0 Å². The monoisotopic (exact) mass is 288 g/mol. The molecule has 0 spiro atoms. The van der Waals surface area contributed by atoms with Crippen molar-refractivity contribution in [2.75, 3.05) is 6.54 Å². The molecule has 0 saturated heterocycles. The molecule has 0 aliphatic carbocycles. The highest BCUT2D eigenvalue weighted by Gasteiger charge is 2.20. The second kappa shape index (κ2) is 7.41. The molecule has 0 aliphatic rings. The minimum Gasteiger partial charge on any atom is -0.309 e. The summed E-state index contributed by atoms with van der Waals surface area (Å²) in [6.07, 6.45) is 4.82. The van der Waals surface area contributed by atoms with Crippen LogP contribution in [0.3, 0.4) is 0 Å². The van der Waals surface area contributed by atoms with E-state index in [1.165, 1.54) is 11.1 Å². The Morgan fingerprint density at radius 3 is 2.30 bits per heavy atom. The molecular weight excluding hydrogens is 268 g/mol. The van der Waals surface area contributed by atoms with Crippen molar-refractivity contribution in [3.05, 3.63) is 64.9 Å². The normalized spacial score (nSPS) is 13.9. The van der Waals surface area contributed by atoms with E-state index in [9.17, 15) is 0 Å². The zero-order valence-corrected chi connectivity index (χ0v) is 12.8. The number of nitrogens with zero attached hydrogens (tertiary/aromatic N) is 1. The second-order valence-corrected chi connectivity index (χ2v) is 5.49. The van der Waals surface area contributed by atoms with Crippen LogP contribution in [0, 0.1) is 0 Å². The molecule has 2 unspecified atom stereocenters. The van der Waals surface area contributed by atoms with Crippen LogP contribution in [0.4, 0.5) is 0 Å². The zero-order valence-electron chi connectivity index (χ0n) is 12.0. The van der Waals surface area contributed by atoms with Crippen LogP contribution in [0.25, 0.3) is 0 Å². The molecule has 0 aliphatic heterocycles. The molecule has 0 amide bonds. The van der Waals surface area contributed by atoms with Crippen LogP contribution in [0.5, 0.6) is 0 Å². The van der Waals surface area contributed by atoms with Gasteiger partial charge in [0.2, 0.25) is 0 Å². The van der Waals surface area contributed by atoms with Gasteiger partial charge in [-0.2, -0.15) is 0 Å². The Morgan fingerprint density at radius 1 is 1.05 bits per heavy atom. The lowest BCUT2D eigenvalue weighted by Crippen LogP contribution is -2.26. The largest absolute Gasteiger partial charge is 0.309 e. The summed E-state index contributed by atoms with van der Waals surface area (Å²) < 4.78 is 0. The van der Waals surface area contributed by atoms with Crippen LogP contribution in [-0.4, -0.2) is 11.5 Å². The van der Waals surface area contributed by atoms with Gasteiger partial charge in [0.1, 0.15) is 0 Å². The van der Waals surface area contributed by atoms with Gasteiger partial charge < -0.3 is 5.32 Å². The Balaban J connectivity index is 2.25. The molecular formula is C17H21ClN2. The van der Waals surface area contributed by atoms with Crippen molar-refractivity contribution in [1.29, 1.82) is 0 Å². The minimum absolute atomic E-state index is 0.287. The van der Waals surface area contributed by atoms with E-state index in [4.69, 9.17) is 11.6 Å². The summed E-state index contributed by atoms with van der Waals surface area (Å²) in [5.74, 6) is 0.380. The summed E-state index contributed by atoms with van der Waals surface area (Å²) in [6, 6.07) is 12.6. The Bertz CT molecular complexity index is 510. The average molecular weight is 289 g/mol. The van der Waals surface area contributed by atoms with Crippen molar-refractivity contribution >= 4 is 11.6 Å². The lowest BCUT2D eigenvalue weighted by atomic mass is 9.89. The molecule has 2 rings (SSSR count). The fourth-order valence-electron chi connectivity index (χ4n) is 2.41. The first-order valence-corrected chi connectivity index (χ1v) is 7.49. The molecule has 0 saturated carbocycles. The van der Waals surface area contributed by atoms with Crippen molar-refractivity contribution in [2.45, 2.75) is 32.2 Å². The van der Waals surface area contributed by atoms with E-state index in [-0.39, 0.29) is 6.04 Å². The van der Waals surface area contributed by atoms with Gasteiger partial charge in [-0.25, -0.2) is 0 Å². The minimum atomic E-state index is 0.287. The van der Waals surface area contributed by atoms with Gasteiger partial charge >= 0.3 is 0 Å². The number of hydrogen-bond acceptors (Lipinski definition) is 2. The summed E-state index contributed by atoms with van der Waals surface area (Å²) in [5, 5.41) is 4.42. The third-order valence-corrected chi connectivity index (χ3v) is 3.83. The predicted molar refractivity (Wildman–Crippen MR) is 85.1 cm³/mol. The van der Waals surface area contributed by atoms with Crippen molar-refractivity contribution in [3.63, 3.8) is 0 Å². The summed E-state index contributed by atoms with van der Waals surface area (Å²) in [7, 11) is 0. The molecule has 2 nitrogen and oxygen atoms in total. The molecule has 0 radical (unpaired) electrons. The standard InChI is InChI=1S/C17H21ClN2/c1-3-10-20-17(15-4-6-16(18)7-5-15)13(2)14-8-11-19-12-9-14/h4-9,11-13,17,20H,3,10H2,1-2H3. The Labute approximate surface area is 126 Å². The van der Waals surface area contributed by atoms with Crippen LogP contribution < -0.4 is 5.32 Å². The number of nitrogens with one attached hydrogen (secondary N) is 1. The SMILES string of the molecule is CCCNC(c1ccc(Cl)cc1)C(C)c1ccncc1. The molecule has 0 fully saturated rings. The first kappa shape index (κ1) is 15.0. The third-order valence-electron chi connectivity index (χ3n) is 3.58. The molecule has 1 N–H and O–H groups in total. The quantitative estimate of drug-likeness (QED) is 0.841. The smallest absolute Gasteiger partial charge is 0.0406 e. The van der Waals surface area contributed by atoms with Crippen LogP contribution >= 0.6 is 11.6 Å². The van der Waals surface area contributed by atoms with Gasteiger partial charge in [0.15, 0.2) is 0 Å². The fourth-order valence-corrected chi connectivity index (χ4v) is 2.54. The van der Waals surface area contributed by atoms with E-state index < -0.39 is 0 Å². The van der Waals surface area contributed by atoms with E-state index in [1.807, 2.05) is 24.5 Å². The van der Waals surface area contributed by atoms with Gasteiger partial charge in [-0.3, -0.25) is 4.98 Å². The lowest BCUT2D eigenvalue weighted by molar-refractivity contribution is 0.466. The number of rotatable bonds is 6. The van der Waals surface area contributed by atoms with E-state index in [0.717, 1.165) is 18.0 Å². The first-order chi connectivity index (χ1) is 9.72. The van der Waals surface area contributed by atoms with E-state index in [1.54, 1.807) is 0 Å². The zero-order chi connectivity index (χ0) is 14.4. The topological polar surface area (TPSA) is 24.9 Å². The molecule has 0 bridgehead atoms. The van der Waals surface area contributed by atoms with Crippen LogP contribution in [0.15, 0.2) is 48.8 Å². The van der Waals surface area contributed by atoms with Gasteiger partial charge in [0, 0.05) is 29.4 Å². The fraction of sp³-hybridized carbons (Fsp3) is 0.353. The molecule has 20 heavy (non-hydrogen) atoms. The van der Waals surface area contributed by atoms with E-state index in [2.05, 4.69) is 48.4 Å². The van der Waals surface area contributed by atoms with Crippen LogP contribution in [0.1, 0.15) is 43.4 Å². The van der Waals surface area contributed by atoms with Crippen molar-refractivity contribution in [2.24, 2.45) is 0 Å². The summed E-state index contributed by atoms with van der Waals surface area (Å²) in [6.45, 7) is 5.43. The number of halogens is 1. The van der Waals surface area contributed by atoms with Crippen molar-refractivity contribution in [1.82, 2.24) is 10.3 Å². The maximum atomic E-state index is 5.99. The van der Waals surface area contributed by atoms with Gasteiger partial charge in [0.25, 0.3) is 0 Å². The van der Waals surface area contributed by atoms with Gasteiger partial charge in [-0.15, -0.1) is 0 Å². The second-order valence-electron chi connectivity index (χ2n) is 5.05. The summed E-state index contributed by atoms with van der Waals surface area (Å²) >= 11 is 5.99. The van der Waals surface area contributed by atoms with Crippen LogP contribution in [-0.2, 0) is 0 Å². The van der Waals surface area contributed by atoms with Gasteiger partial charge in [-0.05, 0) is 48.4 Å². The Hall–Kier alpha value is -1.38. The Morgan fingerprint density at radius 2 is 1.70 bits per heavy atom. The molecule has 2 aromatic rings. The first-order valence-electron chi connectivity index (χ1n) is 7.11. The Kier molecular flexibility index (Phi) is 5.57. The molecule has 1 aromatic heterocycles. The maximum absolute atomic E-state index is 5.99. The van der Waals surface area contributed by atoms with Crippen molar-refractivity contribution < 1.29 is 0 Å². The average Bonchev–Trinajstić information content (AvgIpc) is 2.50.